The molecule has 0 saturated heterocycles. The molecular formula is C12H18O3S. The summed E-state index contributed by atoms with van der Waals surface area (Å²) in [6.45, 7) is 2.15. The highest BCUT2D eigenvalue weighted by Gasteiger charge is 2.08. The fourth-order valence-corrected chi connectivity index (χ4v) is 2.17. The normalized spacial score (nSPS) is 11.6. The van der Waals surface area contributed by atoms with Crippen LogP contribution in [0.5, 0.6) is 0 Å². The van der Waals surface area contributed by atoms with E-state index in [9.17, 15) is 8.42 Å². The molecule has 0 amide bonds. The van der Waals surface area contributed by atoms with Gasteiger partial charge in [-0.1, -0.05) is 38.3 Å². The van der Waals surface area contributed by atoms with Gasteiger partial charge in [-0.05, 0) is 30.5 Å². The lowest BCUT2D eigenvalue weighted by molar-refractivity contribution is 0.483. The Labute approximate surface area is 97.2 Å². The molecule has 0 radical (unpaired) electrons. The molecule has 0 aliphatic heterocycles. The summed E-state index contributed by atoms with van der Waals surface area (Å²) in [5, 5.41) is 0. The summed E-state index contributed by atoms with van der Waals surface area (Å²) in [5.74, 6) is 0. The van der Waals surface area contributed by atoms with Gasteiger partial charge in [0.05, 0.1) is 4.90 Å². The molecule has 0 spiro atoms. The van der Waals surface area contributed by atoms with Gasteiger partial charge in [0.15, 0.2) is 0 Å². The zero-order valence-corrected chi connectivity index (χ0v) is 10.3. The quantitative estimate of drug-likeness (QED) is 0.616. The number of hydrogen-bond donors (Lipinski definition) is 1. The molecule has 0 fully saturated rings. The maximum atomic E-state index is 10.9. The predicted molar refractivity (Wildman–Crippen MR) is 64.1 cm³/mol. The summed E-state index contributed by atoms with van der Waals surface area (Å²) >= 11 is 0. The van der Waals surface area contributed by atoms with Gasteiger partial charge in [-0.2, -0.15) is 8.42 Å². The minimum absolute atomic E-state index is 0.0134. The van der Waals surface area contributed by atoms with E-state index >= 15 is 0 Å². The standard InChI is InChI=1S/C12H18O3S/c1-2-3-4-5-7-11-8-6-9-12(10-11)16(13,14)15/h6,8-10H,2-5,7H2,1H3,(H,13,14,15). The predicted octanol–water partition coefficient (Wildman–Crippen LogP) is 3.06. The number of hydrogen-bond acceptors (Lipinski definition) is 2. The van der Waals surface area contributed by atoms with Gasteiger partial charge in [-0.25, -0.2) is 0 Å². The van der Waals surface area contributed by atoms with Crippen molar-refractivity contribution in [3.05, 3.63) is 29.8 Å². The molecular weight excluding hydrogens is 224 g/mol. The molecule has 1 aromatic rings. The van der Waals surface area contributed by atoms with Crippen LogP contribution in [0.15, 0.2) is 29.2 Å². The first-order valence-corrected chi connectivity index (χ1v) is 7.04. The minimum Gasteiger partial charge on any atom is -0.282 e. The van der Waals surface area contributed by atoms with Gasteiger partial charge >= 0.3 is 0 Å². The second kappa shape index (κ2) is 6.01. The third-order valence-electron chi connectivity index (χ3n) is 2.52. The second-order valence-electron chi connectivity index (χ2n) is 3.93. The third-order valence-corrected chi connectivity index (χ3v) is 3.36. The van der Waals surface area contributed by atoms with Gasteiger partial charge in [0.2, 0.25) is 0 Å². The highest BCUT2D eigenvalue weighted by molar-refractivity contribution is 7.85. The second-order valence-corrected chi connectivity index (χ2v) is 5.35. The summed E-state index contributed by atoms with van der Waals surface area (Å²) in [5.41, 5.74) is 0.964. The number of benzene rings is 1. The van der Waals surface area contributed by atoms with Crippen LogP contribution in [0.25, 0.3) is 0 Å². The molecule has 0 heterocycles. The van der Waals surface area contributed by atoms with Crippen LogP contribution in [0.3, 0.4) is 0 Å². The monoisotopic (exact) mass is 242 g/mol. The Bertz CT molecular complexity index is 424. The van der Waals surface area contributed by atoms with Crippen molar-refractivity contribution >= 4 is 10.1 Å². The van der Waals surface area contributed by atoms with Crippen molar-refractivity contribution in [2.24, 2.45) is 0 Å². The molecule has 1 N–H and O–H groups in total. The highest BCUT2D eigenvalue weighted by atomic mass is 32.2. The largest absolute Gasteiger partial charge is 0.294 e. The minimum atomic E-state index is -4.06. The van der Waals surface area contributed by atoms with Gasteiger partial charge in [0.1, 0.15) is 0 Å². The van der Waals surface area contributed by atoms with Crippen molar-refractivity contribution in [3.8, 4) is 0 Å². The van der Waals surface area contributed by atoms with E-state index in [2.05, 4.69) is 6.92 Å². The van der Waals surface area contributed by atoms with E-state index in [1.807, 2.05) is 6.07 Å². The lowest BCUT2D eigenvalue weighted by Gasteiger charge is -2.03. The van der Waals surface area contributed by atoms with Crippen molar-refractivity contribution in [2.75, 3.05) is 0 Å². The van der Waals surface area contributed by atoms with Crippen molar-refractivity contribution in [1.29, 1.82) is 0 Å². The van der Waals surface area contributed by atoms with Crippen LogP contribution in [-0.2, 0) is 16.5 Å². The number of rotatable bonds is 6. The van der Waals surface area contributed by atoms with Crippen molar-refractivity contribution < 1.29 is 13.0 Å². The summed E-state index contributed by atoms with van der Waals surface area (Å²) in [6, 6.07) is 6.50. The summed E-state index contributed by atoms with van der Waals surface area (Å²) in [7, 11) is -4.06. The molecule has 1 rings (SSSR count). The Kier molecular flexibility index (Phi) is 4.96. The topological polar surface area (TPSA) is 54.4 Å². The van der Waals surface area contributed by atoms with Gasteiger partial charge in [0.25, 0.3) is 10.1 Å². The van der Waals surface area contributed by atoms with Crippen LogP contribution in [0.4, 0.5) is 0 Å². The molecule has 0 aliphatic carbocycles. The zero-order chi connectivity index (χ0) is 12.0. The first kappa shape index (κ1) is 13.2. The first-order chi connectivity index (χ1) is 7.54. The molecule has 16 heavy (non-hydrogen) atoms. The number of aryl methyl sites for hydroxylation is 1. The molecule has 0 unspecified atom stereocenters. The summed E-state index contributed by atoms with van der Waals surface area (Å²) < 4.78 is 30.7. The lowest BCUT2D eigenvalue weighted by atomic mass is 10.1. The molecule has 4 heteroatoms. The summed E-state index contributed by atoms with van der Waals surface area (Å²) in [6.07, 6.45) is 5.47. The maximum absolute atomic E-state index is 10.9. The molecule has 0 saturated carbocycles. The maximum Gasteiger partial charge on any atom is 0.294 e. The van der Waals surface area contributed by atoms with Gasteiger partial charge in [-0.3, -0.25) is 4.55 Å². The Morgan fingerprint density at radius 3 is 2.56 bits per heavy atom. The molecule has 0 aliphatic rings. The van der Waals surface area contributed by atoms with Crippen LogP contribution in [-0.4, -0.2) is 13.0 Å². The van der Waals surface area contributed by atoms with E-state index in [4.69, 9.17) is 4.55 Å². The summed E-state index contributed by atoms with van der Waals surface area (Å²) in [4.78, 5) is -0.0134. The van der Waals surface area contributed by atoms with Crippen LogP contribution in [0.2, 0.25) is 0 Å². The highest BCUT2D eigenvalue weighted by Crippen LogP contribution is 2.13. The Balaban J connectivity index is 2.62. The van der Waals surface area contributed by atoms with Crippen LogP contribution >= 0.6 is 0 Å². The number of unbranched alkanes of at least 4 members (excludes halogenated alkanes) is 3. The molecule has 0 bridgehead atoms. The van der Waals surface area contributed by atoms with Crippen molar-refractivity contribution in [2.45, 2.75) is 43.9 Å². The van der Waals surface area contributed by atoms with Crippen molar-refractivity contribution in [1.82, 2.24) is 0 Å². The molecule has 0 aromatic heterocycles. The van der Waals surface area contributed by atoms with E-state index in [1.54, 1.807) is 12.1 Å². The molecule has 90 valence electrons. The third kappa shape index (κ3) is 4.33. The van der Waals surface area contributed by atoms with E-state index in [1.165, 1.54) is 18.9 Å². The molecule has 0 atom stereocenters. The fraction of sp³-hybridized carbons (Fsp3) is 0.500. The first-order valence-electron chi connectivity index (χ1n) is 5.60. The Morgan fingerprint density at radius 2 is 1.94 bits per heavy atom. The van der Waals surface area contributed by atoms with Crippen LogP contribution in [0, 0.1) is 0 Å². The average Bonchev–Trinajstić information content (AvgIpc) is 2.24. The average molecular weight is 242 g/mol. The van der Waals surface area contributed by atoms with Gasteiger partial charge in [0, 0.05) is 0 Å². The molecule has 3 nitrogen and oxygen atoms in total. The lowest BCUT2D eigenvalue weighted by Crippen LogP contribution is -1.98. The Morgan fingerprint density at radius 1 is 1.19 bits per heavy atom. The fourth-order valence-electron chi connectivity index (χ4n) is 1.62. The Hall–Kier alpha value is -0.870. The smallest absolute Gasteiger partial charge is 0.282 e. The van der Waals surface area contributed by atoms with E-state index in [0.29, 0.717) is 0 Å². The van der Waals surface area contributed by atoms with Gasteiger partial charge < -0.3 is 0 Å². The van der Waals surface area contributed by atoms with Gasteiger partial charge in [-0.15, -0.1) is 0 Å². The van der Waals surface area contributed by atoms with E-state index in [-0.39, 0.29) is 4.90 Å². The molecule has 1 aromatic carbocycles. The van der Waals surface area contributed by atoms with E-state index < -0.39 is 10.1 Å². The zero-order valence-electron chi connectivity index (χ0n) is 9.52. The van der Waals surface area contributed by atoms with Crippen molar-refractivity contribution in [3.63, 3.8) is 0 Å². The van der Waals surface area contributed by atoms with E-state index in [0.717, 1.165) is 24.8 Å². The SMILES string of the molecule is CCCCCCc1cccc(S(=O)(=O)O)c1. The van der Waals surface area contributed by atoms with Crippen LogP contribution < -0.4 is 0 Å². The van der Waals surface area contributed by atoms with Crippen LogP contribution in [0.1, 0.15) is 38.2 Å².